The molecular weight excluding hydrogens is 595 g/mol. The lowest BCUT2D eigenvalue weighted by atomic mass is 9.81. The van der Waals surface area contributed by atoms with Crippen LogP contribution in [-0.4, -0.2) is 51.1 Å². The third-order valence-corrected chi connectivity index (χ3v) is 9.00. The summed E-state index contributed by atoms with van der Waals surface area (Å²) in [6, 6.07) is 14.3. The number of hydrogen-bond acceptors (Lipinski definition) is 6. The number of piperidine rings is 1. The fourth-order valence-electron chi connectivity index (χ4n) is 6.12. The molecule has 250 valence electrons. The maximum atomic E-state index is 13.3. The fourth-order valence-corrected chi connectivity index (χ4v) is 6.12. The smallest absolute Gasteiger partial charge is 0.337 e. The van der Waals surface area contributed by atoms with Crippen molar-refractivity contribution in [2.45, 2.75) is 79.4 Å². The van der Waals surface area contributed by atoms with E-state index in [1.165, 1.54) is 12.1 Å². The van der Waals surface area contributed by atoms with E-state index in [4.69, 9.17) is 14.5 Å². The van der Waals surface area contributed by atoms with E-state index >= 15 is 0 Å². The normalized spacial score (nSPS) is 15.5. The minimum Gasteiger partial charge on any atom is -0.493 e. The molecule has 0 bridgehead atoms. The second-order valence-corrected chi connectivity index (χ2v) is 14.3. The molecule has 1 N–H and O–H groups in total. The van der Waals surface area contributed by atoms with Gasteiger partial charge in [-0.2, -0.15) is 5.10 Å². The first kappa shape index (κ1) is 34.1. The van der Waals surface area contributed by atoms with Crippen LogP contribution in [-0.2, 0) is 23.0 Å². The number of nitrogens with zero attached hydrogens (tertiary/aromatic N) is 4. The monoisotopic (exact) mass is 642 g/mol. The van der Waals surface area contributed by atoms with Crippen LogP contribution in [0, 0.1) is 25.1 Å². The van der Waals surface area contributed by atoms with Gasteiger partial charge in [0.05, 0.1) is 29.8 Å². The highest BCUT2D eigenvalue weighted by molar-refractivity contribution is 5.95. The van der Waals surface area contributed by atoms with Crippen LogP contribution in [0.1, 0.15) is 76.1 Å². The number of halogens is 1. The van der Waals surface area contributed by atoms with Gasteiger partial charge in [0.25, 0.3) is 0 Å². The van der Waals surface area contributed by atoms with Gasteiger partial charge >= 0.3 is 5.97 Å². The molecule has 0 amide bonds. The highest BCUT2D eigenvalue weighted by Gasteiger charge is 2.37. The van der Waals surface area contributed by atoms with Crippen molar-refractivity contribution in [3.8, 4) is 28.1 Å². The first-order chi connectivity index (χ1) is 22.1. The van der Waals surface area contributed by atoms with Crippen molar-refractivity contribution < 1.29 is 23.8 Å². The summed E-state index contributed by atoms with van der Waals surface area (Å²) in [6.45, 7) is 16.1. The van der Waals surface area contributed by atoms with Crippen LogP contribution in [0.3, 0.4) is 0 Å². The predicted molar refractivity (Wildman–Crippen MR) is 183 cm³/mol. The molecule has 1 aliphatic rings. The fraction of sp³-hybridized carbons (Fsp3) is 0.447. The number of pyridine rings is 1. The van der Waals surface area contributed by atoms with E-state index in [0.717, 1.165) is 65.3 Å². The third-order valence-electron chi connectivity index (χ3n) is 9.00. The summed E-state index contributed by atoms with van der Waals surface area (Å²) in [6.07, 6.45) is 3.19. The molecule has 1 aliphatic heterocycles. The molecule has 0 radical (unpaired) electrons. The minimum atomic E-state index is -1.22. The lowest BCUT2D eigenvalue weighted by Gasteiger charge is -2.41. The SMILES string of the molecule is Cc1nc(-c2cnn(C)c2C)c(-c2ccc(OCCc3ccc(F)cc3)cc2)c(N2CCC(C)(C)CC2)c1[C@H](OC(C)(C)C)C(=O)O. The van der Waals surface area contributed by atoms with E-state index in [2.05, 4.69) is 23.8 Å². The summed E-state index contributed by atoms with van der Waals surface area (Å²) < 4.78 is 27.5. The van der Waals surface area contributed by atoms with Crippen molar-refractivity contribution in [1.82, 2.24) is 14.8 Å². The van der Waals surface area contributed by atoms with Crippen LogP contribution in [0.15, 0.2) is 54.7 Å². The van der Waals surface area contributed by atoms with Crippen LogP contribution in [0.2, 0.25) is 0 Å². The number of aliphatic carboxylic acids is 1. The number of aryl methyl sites for hydroxylation is 2. The number of carboxylic acid groups (broad SMARTS) is 1. The summed E-state index contributed by atoms with van der Waals surface area (Å²) in [5.74, 6) is -0.604. The molecule has 8 nitrogen and oxygen atoms in total. The summed E-state index contributed by atoms with van der Waals surface area (Å²) in [4.78, 5) is 20.4. The maximum Gasteiger partial charge on any atom is 0.337 e. The highest BCUT2D eigenvalue weighted by Crippen LogP contribution is 2.48. The Morgan fingerprint density at radius 3 is 2.23 bits per heavy atom. The second kappa shape index (κ2) is 13.5. The number of hydrogen-bond donors (Lipinski definition) is 1. The van der Waals surface area contributed by atoms with Crippen LogP contribution >= 0.6 is 0 Å². The Labute approximate surface area is 277 Å². The molecule has 0 saturated carbocycles. The third kappa shape index (κ3) is 7.84. The van der Waals surface area contributed by atoms with E-state index in [1.807, 2.05) is 76.8 Å². The minimum absolute atomic E-state index is 0.183. The van der Waals surface area contributed by atoms with Crippen LogP contribution in [0.25, 0.3) is 22.4 Å². The van der Waals surface area contributed by atoms with Crippen LogP contribution in [0.5, 0.6) is 5.75 Å². The zero-order valence-electron chi connectivity index (χ0n) is 28.9. The molecule has 2 aromatic carbocycles. The van der Waals surface area contributed by atoms with Gasteiger partial charge in [-0.15, -0.1) is 0 Å². The molecule has 3 heterocycles. The van der Waals surface area contributed by atoms with Crippen molar-refractivity contribution >= 4 is 11.7 Å². The first-order valence-electron chi connectivity index (χ1n) is 16.3. The zero-order chi connectivity index (χ0) is 34.1. The summed E-state index contributed by atoms with van der Waals surface area (Å²) in [5.41, 5.74) is 6.84. The largest absolute Gasteiger partial charge is 0.493 e. The number of anilines is 1. The van der Waals surface area contributed by atoms with E-state index in [1.54, 1.807) is 12.1 Å². The van der Waals surface area contributed by atoms with Crippen LogP contribution in [0.4, 0.5) is 10.1 Å². The average Bonchev–Trinajstić information content (AvgIpc) is 3.34. The van der Waals surface area contributed by atoms with E-state index in [0.29, 0.717) is 30.0 Å². The lowest BCUT2D eigenvalue weighted by molar-refractivity contribution is -0.160. The number of aromatic nitrogens is 3. The van der Waals surface area contributed by atoms with Crippen LogP contribution < -0.4 is 9.64 Å². The molecule has 1 atom stereocenters. The van der Waals surface area contributed by atoms with E-state index in [9.17, 15) is 14.3 Å². The average molecular weight is 643 g/mol. The molecule has 1 fully saturated rings. The van der Waals surface area contributed by atoms with E-state index in [-0.39, 0.29) is 11.2 Å². The molecule has 0 unspecified atom stereocenters. The predicted octanol–water partition coefficient (Wildman–Crippen LogP) is 8.09. The molecule has 1 saturated heterocycles. The van der Waals surface area contributed by atoms with Crippen molar-refractivity contribution in [2.75, 3.05) is 24.6 Å². The lowest BCUT2D eigenvalue weighted by Crippen LogP contribution is -2.39. The summed E-state index contributed by atoms with van der Waals surface area (Å²) in [5, 5.41) is 15.1. The molecule has 5 rings (SSSR count). The molecule has 4 aromatic rings. The Bertz CT molecular complexity index is 1710. The Morgan fingerprint density at radius 2 is 1.68 bits per heavy atom. The Morgan fingerprint density at radius 1 is 1.04 bits per heavy atom. The highest BCUT2D eigenvalue weighted by atomic mass is 19.1. The molecule has 47 heavy (non-hydrogen) atoms. The molecule has 0 spiro atoms. The number of carbonyl (C=O) groups is 1. The Hall–Kier alpha value is -4.24. The topological polar surface area (TPSA) is 89.7 Å². The molecule has 2 aromatic heterocycles. The van der Waals surface area contributed by atoms with Crippen molar-refractivity contribution in [3.05, 3.63) is 83.1 Å². The van der Waals surface area contributed by atoms with Gasteiger partial charge in [0.15, 0.2) is 6.10 Å². The van der Waals surface area contributed by atoms with Crippen molar-refractivity contribution in [1.29, 1.82) is 0 Å². The van der Waals surface area contributed by atoms with Gasteiger partial charge in [-0.05, 0) is 88.3 Å². The first-order valence-corrected chi connectivity index (χ1v) is 16.3. The number of rotatable bonds is 10. The quantitative estimate of drug-likeness (QED) is 0.187. The summed E-state index contributed by atoms with van der Waals surface area (Å²) >= 11 is 0. The number of benzene rings is 2. The zero-order valence-corrected chi connectivity index (χ0v) is 28.9. The van der Waals surface area contributed by atoms with Gasteiger partial charge in [0.1, 0.15) is 11.6 Å². The molecule has 0 aliphatic carbocycles. The maximum absolute atomic E-state index is 13.3. The standard InChI is InChI=1S/C38H47FN4O4/c1-24-31(35(36(44)45)47-37(3,4)5)34(43-20-18-38(6,7)19-21-43)32(33(41-24)30-23-40-42(8)25(30)2)27-11-15-29(16-12-27)46-22-17-26-9-13-28(39)14-10-26/h9-16,23,35H,17-22H2,1-8H3,(H,44,45)/t35-/m0/s1. The van der Waals surface area contributed by atoms with Gasteiger partial charge in [-0.25, -0.2) is 9.18 Å². The molecular formula is C38H47FN4O4. The van der Waals surface area contributed by atoms with Gasteiger partial charge in [0.2, 0.25) is 0 Å². The Balaban J connectivity index is 1.66. The number of carboxylic acids is 1. The van der Waals surface area contributed by atoms with Gasteiger partial charge in [-0.3, -0.25) is 9.67 Å². The van der Waals surface area contributed by atoms with Gasteiger partial charge in [-0.1, -0.05) is 38.1 Å². The second-order valence-electron chi connectivity index (χ2n) is 14.3. The van der Waals surface area contributed by atoms with Gasteiger partial charge in [0, 0.05) is 54.6 Å². The Kier molecular flexibility index (Phi) is 9.78. The number of ether oxygens (including phenoxy) is 2. The van der Waals surface area contributed by atoms with Crippen molar-refractivity contribution in [3.63, 3.8) is 0 Å². The molecule has 9 heteroatoms. The van der Waals surface area contributed by atoms with Gasteiger partial charge < -0.3 is 19.5 Å². The van der Waals surface area contributed by atoms with Crippen molar-refractivity contribution in [2.24, 2.45) is 12.5 Å². The summed E-state index contributed by atoms with van der Waals surface area (Å²) in [7, 11) is 1.91. The van der Waals surface area contributed by atoms with E-state index < -0.39 is 17.7 Å².